The zero-order chi connectivity index (χ0) is 15.4. The lowest BCUT2D eigenvalue weighted by molar-refractivity contribution is -0.133. The summed E-state index contributed by atoms with van der Waals surface area (Å²) >= 11 is 0. The molecule has 6 nitrogen and oxygen atoms in total. The van der Waals surface area contributed by atoms with E-state index in [-0.39, 0.29) is 5.91 Å². The van der Waals surface area contributed by atoms with Gasteiger partial charge in [0.1, 0.15) is 6.04 Å². The van der Waals surface area contributed by atoms with E-state index in [9.17, 15) is 4.79 Å². The van der Waals surface area contributed by atoms with E-state index in [0.29, 0.717) is 13.1 Å². The highest BCUT2D eigenvalue weighted by Gasteiger charge is 2.23. The third kappa shape index (κ3) is 3.66. The fourth-order valence-corrected chi connectivity index (χ4v) is 2.17. The molecule has 0 aromatic carbocycles. The lowest BCUT2D eigenvalue weighted by Gasteiger charge is -2.23. The maximum Gasteiger partial charge on any atom is 0.244 e. The standard InChI is InChI=1S/C15H21N5O/c1-4-20(10-13-7-5-6-11(2)18-13)15(21)14(16)12-8-17-19(3)9-12/h5-9,14H,4,10,16H2,1-3H3. The van der Waals surface area contributed by atoms with Crippen molar-refractivity contribution in [3.63, 3.8) is 0 Å². The molecule has 2 rings (SSSR count). The Morgan fingerprint density at radius 2 is 2.24 bits per heavy atom. The third-order valence-corrected chi connectivity index (χ3v) is 3.34. The van der Waals surface area contributed by atoms with Crippen molar-refractivity contribution in [1.82, 2.24) is 19.7 Å². The highest BCUT2D eigenvalue weighted by atomic mass is 16.2. The van der Waals surface area contributed by atoms with Crippen LogP contribution >= 0.6 is 0 Å². The zero-order valence-corrected chi connectivity index (χ0v) is 12.7. The molecule has 0 aliphatic heterocycles. The van der Waals surface area contributed by atoms with Crippen LogP contribution in [0.15, 0.2) is 30.6 Å². The predicted molar refractivity (Wildman–Crippen MR) is 80.2 cm³/mol. The number of rotatable bonds is 5. The molecule has 0 saturated carbocycles. The van der Waals surface area contributed by atoms with Crippen molar-refractivity contribution in [1.29, 1.82) is 0 Å². The summed E-state index contributed by atoms with van der Waals surface area (Å²) in [6.07, 6.45) is 3.39. The van der Waals surface area contributed by atoms with Gasteiger partial charge in [-0.2, -0.15) is 5.10 Å². The lowest BCUT2D eigenvalue weighted by atomic mass is 10.1. The van der Waals surface area contributed by atoms with Gasteiger partial charge in [-0.05, 0) is 26.0 Å². The van der Waals surface area contributed by atoms with Gasteiger partial charge >= 0.3 is 0 Å². The molecular weight excluding hydrogens is 266 g/mol. The van der Waals surface area contributed by atoms with Crippen molar-refractivity contribution in [2.24, 2.45) is 12.8 Å². The molecule has 21 heavy (non-hydrogen) atoms. The number of nitrogens with two attached hydrogens (primary N) is 1. The molecule has 1 unspecified atom stereocenters. The minimum absolute atomic E-state index is 0.117. The maximum atomic E-state index is 12.5. The monoisotopic (exact) mass is 287 g/mol. The normalized spacial score (nSPS) is 12.2. The van der Waals surface area contributed by atoms with Crippen molar-refractivity contribution in [2.75, 3.05) is 6.54 Å². The summed E-state index contributed by atoms with van der Waals surface area (Å²) in [5.74, 6) is -0.117. The summed E-state index contributed by atoms with van der Waals surface area (Å²) in [4.78, 5) is 18.6. The Labute approximate surface area is 124 Å². The average molecular weight is 287 g/mol. The van der Waals surface area contributed by atoms with Crippen molar-refractivity contribution >= 4 is 5.91 Å². The van der Waals surface area contributed by atoms with Crippen LogP contribution in [0.25, 0.3) is 0 Å². The molecule has 0 fully saturated rings. The topological polar surface area (TPSA) is 77.0 Å². The Morgan fingerprint density at radius 1 is 1.48 bits per heavy atom. The van der Waals surface area contributed by atoms with E-state index < -0.39 is 6.04 Å². The molecule has 0 bridgehead atoms. The van der Waals surface area contributed by atoms with Gasteiger partial charge in [-0.25, -0.2) is 0 Å². The molecule has 0 aliphatic rings. The first-order valence-corrected chi connectivity index (χ1v) is 6.96. The van der Waals surface area contributed by atoms with Crippen LogP contribution in [0.1, 0.15) is 29.9 Å². The van der Waals surface area contributed by atoms with E-state index >= 15 is 0 Å². The molecule has 0 saturated heterocycles. The van der Waals surface area contributed by atoms with Crippen molar-refractivity contribution in [2.45, 2.75) is 26.4 Å². The molecular formula is C15H21N5O. The van der Waals surface area contributed by atoms with Gasteiger partial charge in [0.25, 0.3) is 0 Å². The Balaban J connectivity index is 2.11. The smallest absolute Gasteiger partial charge is 0.244 e. The molecule has 112 valence electrons. The van der Waals surface area contributed by atoms with Gasteiger partial charge in [0.2, 0.25) is 5.91 Å². The van der Waals surface area contributed by atoms with Crippen LogP contribution in [0.4, 0.5) is 0 Å². The van der Waals surface area contributed by atoms with Crippen LogP contribution in [0, 0.1) is 6.92 Å². The number of nitrogens with zero attached hydrogens (tertiary/aromatic N) is 4. The second-order valence-corrected chi connectivity index (χ2v) is 5.05. The molecule has 2 aromatic heterocycles. The first-order chi connectivity index (χ1) is 10.0. The number of hydrogen-bond acceptors (Lipinski definition) is 4. The van der Waals surface area contributed by atoms with Gasteiger partial charge in [0.15, 0.2) is 0 Å². The maximum absolute atomic E-state index is 12.5. The largest absolute Gasteiger partial charge is 0.335 e. The Kier molecular flexibility index (Phi) is 4.70. The van der Waals surface area contributed by atoms with E-state index in [2.05, 4.69) is 10.1 Å². The number of amides is 1. The van der Waals surface area contributed by atoms with Gasteiger partial charge in [0.05, 0.1) is 18.4 Å². The summed E-state index contributed by atoms with van der Waals surface area (Å²) in [5.41, 5.74) is 8.57. The number of aromatic nitrogens is 3. The Hall–Kier alpha value is -2.21. The van der Waals surface area contributed by atoms with Crippen LogP contribution in [0.3, 0.4) is 0 Å². The average Bonchev–Trinajstić information content (AvgIpc) is 2.90. The fourth-order valence-electron chi connectivity index (χ4n) is 2.17. The van der Waals surface area contributed by atoms with Gasteiger partial charge in [-0.1, -0.05) is 6.07 Å². The number of pyridine rings is 1. The minimum atomic E-state index is -0.691. The van der Waals surface area contributed by atoms with E-state index in [1.54, 1.807) is 29.0 Å². The Morgan fingerprint density at radius 3 is 2.81 bits per heavy atom. The number of carbonyl (C=O) groups is 1. The first kappa shape index (κ1) is 15.2. The summed E-state index contributed by atoms with van der Waals surface area (Å²) in [6.45, 7) is 4.92. The van der Waals surface area contributed by atoms with Crippen LogP contribution in [0.2, 0.25) is 0 Å². The molecule has 1 atom stereocenters. The third-order valence-electron chi connectivity index (χ3n) is 3.34. The second-order valence-electron chi connectivity index (χ2n) is 5.05. The summed E-state index contributed by atoms with van der Waals surface area (Å²) in [5, 5.41) is 4.05. The quantitative estimate of drug-likeness (QED) is 0.895. The highest BCUT2D eigenvalue weighted by molar-refractivity contribution is 5.82. The van der Waals surface area contributed by atoms with Crippen LogP contribution in [0.5, 0.6) is 0 Å². The molecule has 2 N–H and O–H groups in total. The fraction of sp³-hybridized carbons (Fsp3) is 0.400. The van der Waals surface area contributed by atoms with Crippen LogP contribution in [-0.4, -0.2) is 32.1 Å². The SMILES string of the molecule is CCN(Cc1cccc(C)n1)C(=O)C(N)c1cnn(C)c1. The van der Waals surface area contributed by atoms with Gasteiger partial charge < -0.3 is 10.6 Å². The molecule has 6 heteroatoms. The zero-order valence-electron chi connectivity index (χ0n) is 12.7. The molecule has 0 spiro atoms. The number of carbonyl (C=O) groups excluding carboxylic acids is 1. The van der Waals surface area contributed by atoms with E-state index in [4.69, 9.17) is 5.73 Å². The van der Waals surface area contributed by atoms with Gasteiger partial charge in [0, 0.05) is 31.0 Å². The second kappa shape index (κ2) is 6.49. The number of aryl methyl sites for hydroxylation is 2. The van der Waals surface area contributed by atoms with Crippen molar-refractivity contribution in [3.8, 4) is 0 Å². The van der Waals surface area contributed by atoms with Crippen LogP contribution in [-0.2, 0) is 18.4 Å². The Bertz CT molecular complexity index is 622. The molecule has 0 radical (unpaired) electrons. The van der Waals surface area contributed by atoms with Gasteiger partial charge in [-0.3, -0.25) is 14.5 Å². The highest BCUT2D eigenvalue weighted by Crippen LogP contribution is 2.14. The number of hydrogen-bond donors (Lipinski definition) is 1. The molecule has 1 amide bonds. The molecule has 0 aliphatic carbocycles. The van der Waals surface area contributed by atoms with E-state index in [0.717, 1.165) is 17.0 Å². The molecule has 2 heterocycles. The number of likely N-dealkylation sites (N-methyl/N-ethyl adjacent to an activating group) is 1. The summed E-state index contributed by atoms with van der Waals surface area (Å²) in [7, 11) is 1.80. The van der Waals surface area contributed by atoms with Crippen molar-refractivity contribution < 1.29 is 4.79 Å². The first-order valence-electron chi connectivity index (χ1n) is 6.96. The lowest BCUT2D eigenvalue weighted by Crippen LogP contribution is -2.38. The summed E-state index contributed by atoms with van der Waals surface area (Å²) < 4.78 is 1.64. The minimum Gasteiger partial charge on any atom is -0.335 e. The summed E-state index contributed by atoms with van der Waals surface area (Å²) in [6, 6.07) is 5.10. The van der Waals surface area contributed by atoms with Gasteiger partial charge in [-0.15, -0.1) is 0 Å². The van der Waals surface area contributed by atoms with E-state index in [1.165, 1.54) is 0 Å². The van der Waals surface area contributed by atoms with Crippen LogP contribution < -0.4 is 5.73 Å². The van der Waals surface area contributed by atoms with E-state index in [1.807, 2.05) is 32.0 Å². The predicted octanol–water partition coefficient (Wildman–Crippen LogP) is 1.17. The molecule has 2 aromatic rings. The van der Waals surface area contributed by atoms with Crippen molar-refractivity contribution in [3.05, 3.63) is 47.5 Å².